The second kappa shape index (κ2) is 9.95. The smallest absolute Gasteiger partial charge is 0.251 e. The van der Waals surface area contributed by atoms with Crippen LogP contribution in [0.3, 0.4) is 0 Å². The quantitative estimate of drug-likeness (QED) is 0.389. The maximum Gasteiger partial charge on any atom is 0.251 e. The third-order valence-electron chi connectivity index (χ3n) is 4.80. The van der Waals surface area contributed by atoms with Gasteiger partial charge in [0.05, 0.1) is 17.6 Å². The lowest BCUT2D eigenvalue weighted by Gasteiger charge is -2.12. The number of hydrogen-bond donors (Lipinski definition) is 2. The van der Waals surface area contributed by atoms with E-state index in [1.807, 2.05) is 6.92 Å². The zero-order valence-electron chi connectivity index (χ0n) is 17.6. The summed E-state index contributed by atoms with van der Waals surface area (Å²) in [7, 11) is 0. The Bertz CT molecular complexity index is 1200. The summed E-state index contributed by atoms with van der Waals surface area (Å²) in [5.74, 6) is 0.645. The zero-order chi connectivity index (χ0) is 22.3. The minimum atomic E-state index is -0.333. The van der Waals surface area contributed by atoms with E-state index in [9.17, 15) is 9.18 Å². The molecular formula is C23H23FN6O2. The fraction of sp³-hybridized carbons (Fsp3) is 0.261. The molecule has 8 nitrogen and oxygen atoms in total. The Balaban J connectivity index is 1.55. The predicted octanol–water partition coefficient (Wildman–Crippen LogP) is 3.71. The van der Waals surface area contributed by atoms with Crippen LogP contribution < -0.4 is 10.1 Å². The summed E-state index contributed by atoms with van der Waals surface area (Å²) >= 11 is 0. The van der Waals surface area contributed by atoms with Crippen molar-refractivity contribution < 1.29 is 13.9 Å². The normalized spacial score (nSPS) is 10.9. The molecule has 0 saturated carbocycles. The Kier molecular flexibility index (Phi) is 6.64. The first-order valence-corrected chi connectivity index (χ1v) is 10.5. The van der Waals surface area contributed by atoms with E-state index in [1.165, 1.54) is 18.5 Å². The number of aromatic nitrogens is 5. The number of H-pyrrole nitrogens is 1. The van der Waals surface area contributed by atoms with Crippen LogP contribution in [0.4, 0.5) is 4.39 Å². The average Bonchev–Trinajstić information content (AvgIpc) is 3.33. The van der Waals surface area contributed by atoms with Gasteiger partial charge in [0.25, 0.3) is 5.91 Å². The summed E-state index contributed by atoms with van der Waals surface area (Å²) in [5, 5.41) is 10.6. The van der Waals surface area contributed by atoms with Crippen molar-refractivity contribution in [1.82, 2.24) is 30.5 Å². The molecule has 0 aliphatic carbocycles. The van der Waals surface area contributed by atoms with E-state index in [4.69, 9.17) is 9.72 Å². The van der Waals surface area contributed by atoms with Crippen LogP contribution in [-0.4, -0.2) is 44.2 Å². The minimum absolute atomic E-state index is 0.194. The number of halogens is 1. The van der Waals surface area contributed by atoms with Crippen molar-refractivity contribution in [2.45, 2.75) is 26.2 Å². The predicted molar refractivity (Wildman–Crippen MR) is 118 cm³/mol. The first-order chi connectivity index (χ1) is 15.6. The van der Waals surface area contributed by atoms with E-state index in [2.05, 4.69) is 25.5 Å². The summed E-state index contributed by atoms with van der Waals surface area (Å²) in [6.45, 7) is 3.00. The fourth-order valence-electron chi connectivity index (χ4n) is 3.19. The van der Waals surface area contributed by atoms with Gasteiger partial charge in [-0.1, -0.05) is 6.92 Å². The monoisotopic (exact) mass is 434 g/mol. The van der Waals surface area contributed by atoms with Crippen LogP contribution in [-0.2, 0) is 6.42 Å². The van der Waals surface area contributed by atoms with Crippen LogP contribution in [0.25, 0.3) is 22.3 Å². The van der Waals surface area contributed by atoms with Crippen LogP contribution in [0.5, 0.6) is 5.88 Å². The molecule has 32 heavy (non-hydrogen) atoms. The van der Waals surface area contributed by atoms with Crippen molar-refractivity contribution >= 4 is 16.9 Å². The van der Waals surface area contributed by atoms with Gasteiger partial charge in [-0.25, -0.2) is 14.4 Å². The van der Waals surface area contributed by atoms with Gasteiger partial charge < -0.3 is 15.0 Å². The van der Waals surface area contributed by atoms with E-state index in [1.54, 1.807) is 30.3 Å². The molecule has 1 amide bonds. The Labute approximate surface area is 184 Å². The highest BCUT2D eigenvalue weighted by atomic mass is 19.1. The van der Waals surface area contributed by atoms with Gasteiger partial charge in [-0.15, -0.1) is 10.2 Å². The first-order valence-electron chi connectivity index (χ1n) is 10.5. The SMILES string of the molecule is CCCOc1nc2ccc(C(=O)NCCCc3nnc[nH]3)cc2nc1-c1ccc(F)cc1. The molecule has 2 N–H and O–H groups in total. The van der Waals surface area contributed by atoms with Gasteiger partial charge in [0.2, 0.25) is 5.88 Å². The topological polar surface area (TPSA) is 106 Å². The van der Waals surface area contributed by atoms with Crippen LogP contribution in [0.2, 0.25) is 0 Å². The van der Waals surface area contributed by atoms with Crippen LogP contribution in [0.15, 0.2) is 48.8 Å². The molecule has 2 heterocycles. The third-order valence-corrected chi connectivity index (χ3v) is 4.80. The van der Waals surface area contributed by atoms with Crippen molar-refractivity contribution in [3.8, 4) is 17.1 Å². The van der Waals surface area contributed by atoms with Gasteiger partial charge in [0.1, 0.15) is 23.7 Å². The summed E-state index contributed by atoms with van der Waals surface area (Å²) in [6.07, 6.45) is 3.78. The lowest BCUT2D eigenvalue weighted by atomic mass is 10.1. The number of ether oxygens (including phenoxy) is 1. The largest absolute Gasteiger partial charge is 0.476 e. The zero-order valence-corrected chi connectivity index (χ0v) is 17.6. The fourth-order valence-corrected chi connectivity index (χ4v) is 3.19. The second-order valence-corrected chi connectivity index (χ2v) is 7.23. The summed E-state index contributed by atoms with van der Waals surface area (Å²) in [6, 6.07) is 11.2. The van der Waals surface area contributed by atoms with Crippen molar-refractivity contribution in [3.05, 3.63) is 66.0 Å². The van der Waals surface area contributed by atoms with E-state index in [0.29, 0.717) is 53.3 Å². The molecule has 2 aromatic heterocycles. The Morgan fingerprint density at radius 2 is 1.97 bits per heavy atom. The van der Waals surface area contributed by atoms with Crippen molar-refractivity contribution in [2.24, 2.45) is 0 Å². The highest BCUT2D eigenvalue weighted by Gasteiger charge is 2.15. The Morgan fingerprint density at radius 3 is 2.72 bits per heavy atom. The highest BCUT2D eigenvalue weighted by Crippen LogP contribution is 2.29. The minimum Gasteiger partial charge on any atom is -0.476 e. The van der Waals surface area contributed by atoms with Gasteiger partial charge >= 0.3 is 0 Å². The van der Waals surface area contributed by atoms with Gasteiger partial charge in [0.15, 0.2) is 0 Å². The van der Waals surface area contributed by atoms with Crippen LogP contribution in [0, 0.1) is 5.82 Å². The number of nitrogens with zero attached hydrogens (tertiary/aromatic N) is 4. The summed E-state index contributed by atoms with van der Waals surface area (Å²) in [4.78, 5) is 24.8. The van der Waals surface area contributed by atoms with Gasteiger partial charge in [0, 0.05) is 24.1 Å². The third kappa shape index (κ3) is 5.05. The van der Waals surface area contributed by atoms with Crippen molar-refractivity contribution in [3.63, 3.8) is 0 Å². The second-order valence-electron chi connectivity index (χ2n) is 7.23. The highest BCUT2D eigenvalue weighted by molar-refractivity contribution is 5.97. The Morgan fingerprint density at radius 1 is 1.12 bits per heavy atom. The van der Waals surface area contributed by atoms with Gasteiger partial charge in [-0.05, 0) is 55.3 Å². The maximum atomic E-state index is 13.4. The molecule has 0 saturated heterocycles. The first kappa shape index (κ1) is 21.4. The standard InChI is InChI=1S/C23H23FN6O2/c1-2-12-32-23-21(15-5-8-17(24)9-6-15)28-19-13-16(7-10-18(19)29-23)22(31)25-11-3-4-20-26-14-27-30-20/h5-10,13-14H,2-4,11-12H2,1H3,(H,25,31)(H,26,27,30). The molecule has 4 rings (SSSR count). The number of fused-ring (bicyclic) bond motifs is 1. The molecular weight excluding hydrogens is 411 g/mol. The molecule has 0 radical (unpaired) electrons. The van der Waals surface area contributed by atoms with Crippen molar-refractivity contribution in [1.29, 1.82) is 0 Å². The van der Waals surface area contributed by atoms with Crippen molar-refractivity contribution in [2.75, 3.05) is 13.2 Å². The molecule has 9 heteroatoms. The molecule has 0 bridgehead atoms. The number of amides is 1. The summed E-state index contributed by atoms with van der Waals surface area (Å²) in [5.41, 5.74) is 2.86. The number of carbonyl (C=O) groups excluding carboxylic acids is 1. The molecule has 2 aromatic carbocycles. The number of aryl methyl sites for hydroxylation is 1. The molecule has 164 valence electrons. The average molecular weight is 434 g/mol. The molecule has 0 spiro atoms. The van der Waals surface area contributed by atoms with E-state index < -0.39 is 0 Å². The molecule has 0 unspecified atom stereocenters. The van der Waals surface area contributed by atoms with Gasteiger partial charge in [-0.2, -0.15) is 0 Å². The number of carbonyl (C=O) groups is 1. The van der Waals surface area contributed by atoms with Crippen LogP contribution >= 0.6 is 0 Å². The molecule has 0 atom stereocenters. The molecule has 4 aromatic rings. The van der Waals surface area contributed by atoms with E-state index in [0.717, 1.165) is 18.7 Å². The van der Waals surface area contributed by atoms with Crippen LogP contribution in [0.1, 0.15) is 35.9 Å². The number of benzene rings is 2. The number of rotatable bonds is 9. The van der Waals surface area contributed by atoms with E-state index >= 15 is 0 Å². The lowest BCUT2D eigenvalue weighted by molar-refractivity contribution is 0.0953. The summed E-state index contributed by atoms with van der Waals surface area (Å²) < 4.78 is 19.2. The molecule has 0 aliphatic rings. The molecule has 0 aliphatic heterocycles. The lowest BCUT2D eigenvalue weighted by Crippen LogP contribution is -2.24. The Hall–Kier alpha value is -3.88. The van der Waals surface area contributed by atoms with E-state index in [-0.39, 0.29) is 11.7 Å². The molecule has 0 fully saturated rings. The number of hydrogen-bond acceptors (Lipinski definition) is 6. The maximum absolute atomic E-state index is 13.4. The number of nitrogens with one attached hydrogen (secondary N) is 2. The van der Waals surface area contributed by atoms with Gasteiger partial charge in [-0.3, -0.25) is 4.79 Å². The number of aromatic amines is 1.